The van der Waals surface area contributed by atoms with E-state index in [0.717, 1.165) is 22.5 Å². The Labute approximate surface area is 118 Å². The van der Waals surface area contributed by atoms with Gasteiger partial charge in [0.1, 0.15) is 0 Å². The third-order valence-corrected chi connectivity index (χ3v) is 3.54. The zero-order chi connectivity index (χ0) is 13.9. The van der Waals surface area contributed by atoms with E-state index in [-0.39, 0.29) is 12.6 Å². The number of benzene rings is 2. The predicted molar refractivity (Wildman–Crippen MR) is 78.5 cm³/mol. The lowest BCUT2D eigenvalue weighted by Crippen LogP contribution is -2.20. The van der Waals surface area contributed by atoms with Crippen molar-refractivity contribution in [2.75, 3.05) is 13.7 Å². The van der Waals surface area contributed by atoms with Gasteiger partial charge in [-0.15, -0.1) is 5.06 Å². The van der Waals surface area contributed by atoms with Crippen LogP contribution in [0, 0.1) is 0 Å². The maximum atomic E-state index is 9.78. The molecule has 0 aromatic heterocycles. The Kier molecular flexibility index (Phi) is 3.54. The van der Waals surface area contributed by atoms with Gasteiger partial charge in [-0.3, -0.25) is 0 Å². The van der Waals surface area contributed by atoms with Gasteiger partial charge in [-0.1, -0.05) is 60.7 Å². The zero-order valence-electron chi connectivity index (χ0n) is 11.4. The molecular weight excluding hydrogens is 250 g/mol. The van der Waals surface area contributed by atoms with Crippen molar-refractivity contribution in [3.05, 3.63) is 77.4 Å². The standard InChI is InChI=1S/C17H17NO2/c1-18-16(13-8-4-2-5-9-13)15(12-19)17(20-18)14-10-6-3-7-11-14/h2-11,16,19H,12H2,1H3/t16-/m0/s1. The van der Waals surface area contributed by atoms with Gasteiger partial charge < -0.3 is 9.94 Å². The third-order valence-electron chi connectivity index (χ3n) is 3.54. The Bertz CT molecular complexity index is 607. The van der Waals surface area contributed by atoms with E-state index < -0.39 is 0 Å². The summed E-state index contributed by atoms with van der Waals surface area (Å²) in [6.45, 7) is -0.0197. The van der Waals surface area contributed by atoms with Crippen molar-refractivity contribution >= 4 is 5.76 Å². The summed E-state index contributed by atoms with van der Waals surface area (Å²) in [7, 11) is 1.89. The highest BCUT2D eigenvalue weighted by Gasteiger charge is 2.33. The van der Waals surface area contributed by atoms with Gasteiger partial charge in [0.05, 0.1) is 12.6 Å². The van der Waals surface area contributed by atoms with Crippen LogP contribution in [0.25, 0.3) is 5.76 Å². The highest BCUT2D eigenvalue weighted by atomic mass is 16.7. The molecule has 102 valence electrons. The van der Waals surface area contributed by atoms with Crippen LogP contribution in [0.3, 0.4) is 0 Å². The van der Waals surface area contributed by atoms with Gasteiger partial charge in [-0.25, -0.2) is 0 Å². The van der Waals surface area contributed by atoms with Crippen LogP contribution in [0.4, 0.5) is 0 Å². The molecule has 0 radical (unpaired) electrons. The van der Waals surface area contributed by atoms with Crippen molar-refractivity contribution in [1.29, 1.82) is 0 Å². The summed E-state index contributed by atoms with van der Waals surface area (Å²) < 4.78 is 0. The van der Waals surface area contributed by atoms with Crippen molar-refractivity contribution < 1.29 is 9.94 Å². The molecule has 1 atom stereocenters. The summed E-state index contributed by atoms with van der Waals surface area (Å²) in [6.07, 6.45) is 0. The Balaban J connectivity index is 2.06. The minimum atomic E-state index is -0.0450. The molecule has 0 aliphatic carbocycles. The Morgan fingerprint density at radius 3 is 2.20 bits per heavy atom. The second-order valence-electron chi connectivity index (χ2n) is 4.83. The second kappa shape index (κ2) is 5.49. The fourth-order valence-corrected chi connectivity index (χ4v) is 2.63. The average molecular weight is 267 g/mol. The van der Waals surface area contributed by atoms with Crippen LogP contribution in [0.15, 0.2) is 66.2 Å². The summed E-state index contributed by atoms with van der Waals surface area (Å²) in [5.74, 6) is 0.754. The number of aliphatic hydroxyl groups excluding tert-OH is 1. The van der Waals surface area contributed by atoms with Gasteiger partial charge in [-0.05, 0) is 5.56 Å². The summed E-state index contributed by atoms with van der Waals surface area (Å²) in [6, 6.07) is 19.9. The molecule has 2 aromatic carbocycles. The van der Waals surface area contributed by atoms with Crippen LogP contribution in [0.5, 0.6) is 0 Å². The summed E-state index contributed by atoms with van der Waals surface area (Å²) >= 11 is 0. The van der Waals surface area contributed by atoms with Crippen molar-refractivity contribution in [2.24, 2.45) is 0 Å². The van der Waals surface area contributed by atoms with E-state index in [4.69, 9.17) is 4.84 Å². The average Bonchev–Trinajstić information content (AvgIpc) is 2.85. The molecule has 2 aromatic rings. The van der Waals surface area contributed by atoms with E-state index in [2.05, 4.69) is 0 Å². The Hall–Kier alpha value is -2.10. The monoisotopic (exact) mass is 267 g/mol. The molecule has 0 saturated heterocycles. The van der Waals surface area contributed by atoms with Crippen molar-refractivity contribution in [3.8, 4) is 0 Å². The molecular formula is C17H17NO2. The van der Waals surface area contributed by atoms with Crippen molar-refractivity contribution in [2.45, 2.75) is 6.04 Å². The van der Waals surface area contributed by atoms with E-state index >= 15 is 0 Å². The zero-order valence-corrected chi connectivity index (χ0v) is 11.4. The maximum absolute atomic E-state index is 9.78. The molecule has 1 heterocycles. The van der Waals surface area contributed by atoms with Crippen molar-refractivity contribution in [1.82, 2.24) is 5.06 Å². The van der Waals surface area contributed by atoms with Gasteiger partial charge in [0.15, 0.2) is 5.76 Å². The van der Waals surface area contributed by atoms with Crippen LogP contribution in [-0.4, -0.2) is 23.8 Å². The fourth-order valence-electron chi connectivity index (χ4n) is 2.63. The lowest BCUT2D eigenvalue weighted by molar-refractivity contribution is -0.0680. The first-order chi connectivity index (χ1) is 9.81. The number of aliphatic hydroxyl groups is 1. The fraction of sp³-hybridized carbons (Fsp3) is 0.176. The highest BCUT2D eigenvalue weighted by molar-refractivity contribution is 5.66. The van der Waals surface area contributed by atoms with Gasteiger partial charge in [0.2, 0.25) is 0 Å². The van der Waals surface area contributed by atoms with Gasteiger partial charge >= 0.3 is 0 Å². The van der Waals surface area contributed by atoms with Crippen LogP contribution >= 0.6 is 0 Å². The molecule has 0 amide bonds. The minimum Gasteiger partial charge on any atom is -0.405 e. The number of likely N-dealkylation sites (N-methyl/N-ethyl adjacent to an activating group) is 1. The van der Waals surface area contributed by atoms with E-state index in [1.165, 1.54) is 0 Å². The molecule has 0 bridgehead atoms. The first-order valence-corrected chi connectivity index (χ1v) is 6.66. The summed E-state index contributed by atoms with van der Waals surface area (Å²) in [5, 5.41) is 11.6. The maximum Gasteiger partial charge on any atom is 0.158 e. The number of hydrogen-bond donors (Lipinski definition) is 1. The largest absolute Gasteiger partial charge is 0.405 e. The lowest BCUT2D eigenvalue weighted by Gasteiger charge is -2.20. The topological polar surface area (TPSA) is 32.7 Å². The van der Waals surface area contributed by atoms with E-state index in [0.29, 0.717) is 0 Å². The quantitative estimate of drug-likeness (QED) is 0.928. The molecule has 3 rings (SSSR count). The molecule has 3 heteroatoms. The molecule has 3 nitrogen and oxygen atoms in total. The van der Waals surface area contributed by atoms with Gasteiger partial charge in [-0.2, -0.15) is 0 Å². The Morgan fingerprint density at radius 2 is 1.60 bits per heavy atom. The van der Waals surface area contributed by atoms with Crippen molar-refractivity contribution in [3.63, 3.8) is 0 Å². The lowest BCUT2D eigenvalue weighted by atomic mass is 9.97. The van der Waals surface area contributed by atoms with Crippen LogP contribution in [0.1, 0.15) is 17.2 Å². The molecule has 0 saturated carbocycles. The smallest absolute Gasteiger partial charge is 0.158 e. The van der Waals surface area contributed by atoms with E-state index in [1.54, 1.807) is 5.06 Å². The van der Waals surface area contributed by atoms with E-state index in [1.807, 2.05) is 67.7 Å². The Morgan fingerprint density at radius 1 is 1.00 bits per heavy atom. The predicted octanol–water partition coefficient (Wildman–Crippen LogP) is 3.01. The number of hydrogen-bond acceptors (Lipinski definition) is 3. The highest BCUT2D eigenvalue weighted by Crippen LogP contribution is 2.40. The molecule has 20 heavy (non-hydrogen) atoms. The molecule has 0 unspecified atom stereocenters. The second-order valence-corrected chi connectivity index (χ2v) is 4.83. The molecule has 1 N–H and O–H groups in total. The molecule has 1 aliphatic heterocycles. The third kappa shape index (κ3) is 2.22. The van der Waals surface area contributed by atoms with Crippen LogP contribution in [0.2, 0.25) is 0 Å². The molecule has 1 aliphatic rings. The summed E-state index contributed by atoms with van der Waals surface area (Å²) in [5.41, 5.74) is 3.00. The van der Waals surface area contributed by atoms with Gasteiger partial charge in [0, 0.05) is 18.2 Å². The molecule has 0 fully saturated rings. The SMILES string of the molecule is CN1OC(c2ccccc2)=C(CO)[C@@H]1c1ccccc1. The summed E-state index contributed by atoms with van der Waals surface area (Å²) in [4.78, 5) is 5.87. The molecule has 0 spiro atoms. The number of nitrogens with zero attached hydrogens (tertiary/aromatic N) is 1. The van der Waals surface area contributed by atoms with E-state index in [9.17, 15) is 5.11 Å². The van der Waals surface area contributed by atoms with Gasteiger partial charge in [0.25, 0.3) is 0 Å². The van der Waals surface area contributed by atoms with Crippen LogP contribution in [-0.2, 0) is 4.84 Å². The number of hydroxylamine groups is 2. The number of rotatable bonds is 3. The normalized spacial score (nSPS) is 19.2. The first-order valence-electron chi connectivity index (χ1n) is 6.66. The van der Waals surface area contributed by atoms with Crippen LogP contribution < -0.4 is 0 Å². The minimum absolute atomic E-state index is 0.0197. The first kappa shape index (κ1) is 12.9.